The number of hydrogen-bond donors (Lipinski definition) is 2. The van der Waals surface area contributed by atoms with Crippen molar-refractivity contribution in [1.29, 1.82) is 0 Å². The van der Waals surface area contributed by atoms with E-state index in [9.17, 15) is 4.79 Å². The summed E-state index contributed by atoms with van der Waals surface area (Å²) in [5, 5.41) is 3.89. The molecule has 0 aliphatic rings. The van der Waals surface area contributed by atoms with Gasteiger partial charge in [0.05, 0.1) is 22.7 Å². The summed E-state index contributed by atoms with van der Waals surface area (Å²) in [6.07, 6.45) is 0. The number of thiazole rings is 1. The van der Waals surface area contributed by atoms with Gasteiger partial charge in [-0.15, -0.1) is 11.3 Å². The van der Waals surface area contributed by atoms with E-state index in [1.54, 1.807) is 18.3 Å². The quantitative estimate of drug-likeness (QED) is 0.912. The second-order valence-corrected chi connectivity index (χ2v) is 6.38. The highest BCUT2D eigenvalue weighted by Gasteiger charge is 2.18. The Morgan fingerprint density at radius 1 is 1.24 bits per heavy atom. The van der Waals surface area contributed by atoms with Gasteiger partial charge in [0.2, 0.25) is 5.91 Å². The Kier molecular flexibility index (Phi) is 4.75. The molecule has 112 valence electrons. The van der Waals surface area contributed by atoms with Gasteiger partial charge in [-0.25, -0.2) is 4.98 Å². The Morgan fingerprint density at radius 2 is 1.86 bits per heavy atom. The van der Waals surface area contributed by atoms with Gasteiger partial charge in [-0.2, -0.15) is 0 Å². The predicted molar refractivity (Wildman–Crippen MR) is 87.2 cm³/mol. The van der Waals surface area contributed by atoms with Crippen LogP contribution in [0.5, 0.6) is 0 Å². The number of aryl methyl sites for hydroxylation is 2. The van der Waals surface area contributed by atoms with E-state index in [1.165, 1.54) is 5.56 Å². The first-order valence-electron chi connectivity index (χ1n) is 6.99. The van der Waals surface area contributed by atoms with E-state index in [0.29, 0.717) is 0 Å². The van der Waals surface area contributed by atoms with Crippen LogP contribution in [-0.4, -0.2) is 16.9 Å². The van der Waals surface area contributed by atoms with E-state index in [-0.39, 0.29) is 11.9 Å². The topological polar surface area (TPSA) is 68.0 Å². The highest BCUT2D eigenvalue weighted by molar-refractivity contribution is 7.15. The molecule has 2 rings (SSSR count). The number of carbonyl (C=O) groups excluding carboxylic acids is 1. The van der Waals surface area contributed by atoms with Crippen LogP contribution in [-0.2, 0) is 4.79 Å². The van der Waals surface area contributed by atoms with Gasteiger partial charge in [0, 0.05) is 5.56 Å². The number of benzene rings is 1. The number of aromatic nitrogens is 1. The summed E-state index contributed by atoms with van der Waals surface area (Å²) in [5.41, 5.74) is 8.87. The van der Waals surface area contributed by atoms with Crippen molar-refractivity contribution in [2.45, 2.75) is 39.8 Å². The van der Waals surface area contributed by atoms with Crippen molar-refractivity contribution in [3.8, 4) is 10.6 Å². The highest BCUT2D eigenvalue weighted by Crippen LogP contribution is 2.31. The summed E-state index contributed by atoms with van der Waals surface area (Å²) < 4.78 is 0. The van der Waals surface area contributed by atoms with Gasteiger partial charge in [0.15, 0.2) is 0 Å². The molecule has 2 aromatic rings. The molecule has 0 fully saturated rings. The third kappa shape index (κ3) is 3.68. The molecule has 0 bridgehead atoms. The van der Waals surface area contributed by atoms with Crippen LogP contribution in [0, 0.1) is 13.8 Å². The van der Waals surface area contributed by atoms with Crippen LogP contribution in [0.3, 0.4) is 0 Å². The predicted octanol–water partition coefficient (Wildman–Crippen LogP) is 2.95. The second kappa shape index (κ2) is 6.37. The Bertz CT molecular complexity index is 631. The Labute approximate surface area is 129 Å². The van der Waals surface area contributed by atoms with Gasteiger partial charge < -0.3 is 11.1 Å². The average Bonchev–Trinajstić information content (AvgIpc) is 2.81. The number of nitrogens with one attached hydrogen (secondary N) is 1. The summed E-state index contributed by atoms with van der Waals surface area (Å²) in [4.78, 5) is 17.4. The number of carbonyl (C=O) groups is 1. The van der Waals surface area contributed by atoms with Crippen molar-refractivity contribution in [2.75, 3.05) is 0 Å². The maximum Gasteiger partial charge on any atom is 0.237 e. The van der Waals surface area contributed by atoms with Crippen molar-refractivity contribution in [3.63, 3.8) is 0 Å². The van der Waals surface area contributed by atoms with Gasteiger partial charge in [-0.05, 0) is 27.7 Å². The van der Waals surface area contributed by atoms with Crippen molar-refractivity contribution >= 4 is 17.2 Å². The molecule has 0 radical (unpaired) electrons. The minimum absolute atomic E-state index is 0.0831. The lowest BCUT2D eigenvalue weighted by molar-refractivity contribution is -0.122. The summed E-state index contributed by atoms with van der Waals surface area (Å²) in [6, 6.07) is 7.71. The van der Waals surface area contributed by atoms with E-state index >= 15 is 0 Å². The van der Waals surface area contributed by atoms with Gasteiger partial charge in [0.1, 0.15) is 5.01 Å². The fraction of sp³-hybridized carbons (Fsp3) is 0.375. The van der Waals surface area contributed by atoms with Crippen LogP contribution >= 0.6 is 11.3 Å². The minimum Gasteiger partial charge on any atom is -0.347 e. The van der Waals surface area contributed by atoms with E-state index in [4.69, 9.17) is 5.73 Å². The lowest BCUT2D eigenvalue weighted by Crippen LogP contribution is -2.39. The molecule has 0 aliphatic carbocycles. The summed E-state index contributed by atoms with van der Waals surface area (Å²) in [5.74, 6) is -0.146. The number of nitrogens with two attached hydrogens (primary N) is 1. The molecule has 5 heteroatoms. The van der Waals surface area contributed by atoms with E-state index in [0.717, 1.165) is 21.1 Å². The summed E-state index contributed by atoms with van der Waals surface area (Å²) in [6.45, 7) is 7.67. The fourth-order valence-corrected chi connectivity index (χ4v) is 3.11. The lowest BCUT2D eigenvalue weighted by Gasteiger charge is -2.14. The van der Waals surface area contributed by atoms with Crippen LogP contribution in [0.15, 0.2) is 24.3 Å². The first-order valence-corrected chi connectivity index (χ1v) is 7.80. The molecule has 0 saturated carbocycles. The molecule has 4 nitrogen and oxygen atoms in total. The fourth-order valence-electron chi connectivity index (χ4n) is 2.04. The maximum atomic E-state index is 11.7. The highest BCUT2D eigenvalue weighted by atomic mass is 32.1. The van der Waals surface area contributed by atoms with Crippen molar-refractivity contribution in [2.24, 2.45) is 5.73 Å². The first kappa shape index (κ1) is 15.7. The minimum atomic E-state index is -0.503. The summed E-state index contributed by atoms with van der Waals surface area (Å²) in [7, 11) is 0. The zero-order valence-electron chi connectivity index (χ0n) is 12.8. The first-order chi connectivity index (χ1) is 9.88. The van der Waals surface area contributed by atoms with Crippen LogP contribution in [0.25, 0.3) is 10.6 Å². The molecule has 1 aromatic carbocycles. The van der Waals surface area contributed by atoms with E-state index < -0.39 is 6.04 Å². The van der Waals surface area contributed by atoms with Crippen molar-refractivity contribution in [3.05, 3.63) is 40.4 Å². The molecule has 21 heavy (non-hydrogen) atoms. The molecule has 1 heterocycles. The van der Waals surface area contributed by atoms with Crippen LogP contribution in [0.4, 0.5) is 0 Å². The second-order valence-electron chi connectivity index (χ2n) is 5.35. The van der Waals surface area contributed by atoms with E-state index in [1.807, 2.05) is 13.8 Å². The molecule has 0 saturated heterocycles. The third-order valence-electron chi connectivity index (χ3n) is 3.30. The number of amides is 1. The van der Waals surface area contributed by atoms with Crippen LogP contribution in [0.2, 0.25) is 0 Å². The maximum absolute atomic E-state index is 11.7. The van der Waals surface area contributed by atoms with Gasteiger partial charge in [-0.3, -0.25) is 4.79 Å². The Balaban J connectivity index is 2.22. The SMILES string of the molecule is Cc1ccc(-c2nc(C)c(C(C)NC(=O)[C@H](C)N)s2)cc1. The van der Waals surface area contributed by atoms with Gasteiger partial charge >= 0.3 is 0 Å². The number of hydrogen-bond acceptors (Lipinski definition) is 4. The number of nitrogens with zero attached hydrogens (tertiary/aromatic N) is 1. The molecule has 1 amide bonds. The Hall–Kier alpha value is -1.72. The molecule has 1 aromatic heterocycles. The summed E-state index contributed by atoms with van der Waals surface area (Å²) >= 11 is 1.61. The van der Waals surface area contributed by atoms with Crippen molar-refractivity contribution in [1.82, 2.24) is 10.3 Å². The molecule has 1 unspecified atom stereocenters. The smallest absolute Gasteiger partial charge is 0.237 e. The van der Waals surface area contributed by atoms with E-state index in [2.05, 4.69) is 41.5 Å². The normalized spacial score (nSPS) is 13.8. The average molecular weight is 303 g/mol. The molecular weight excluding hydrogens is 282 g/mol. The van der Waals surface area contributed by atoms with Gasteiger partial charge in [0.25, 0.3) is 0 Å². The van der Waals surface area contributed by atoms with Crippen LogP contribution < -0.4 is 11.1 Å². The molecule has 0 spiro atoms. The zero-order chi connectivity index (χ0) is 15.6. The number of rotatable bonds is 4. The molecule has 2 atom stereocenters. The lowest BCUT2D eigenvalue weighted by atomic mass is 10.2. The largest absolute Gasteiger partial charge is 0.347 e. The third-order valence-corrected chi connectivity index (χ3v) is 4.69. The van der Waals surface area contributed by atoms with Crippen LogP contribution in [0.1, 0.15) is 36.0 Å². The molecule has 0 aliphatic heterocycles. The standard InChI is InChI=1S/C16H21N3OS/c1-9-5-7-13(8-6-9)16-19-12(4)14(21-16)11(3)18-15(20)10(2)17/h5-8,10-11H,17H2,1-4H3,(H,18,20)/t10-,11?/m0/s1. The molecular formula is C16H21N3OS. The van der Waals surface area contributed by atoms with Crippen molar-refractivity contribution < 1.29 is 4.79 Å². The zero-order valence-corrected chi connectivity index (χ0v) is 13.6. The Morgan fingerprint density at radius 3 is 2.43 bits per heavy atom. The van der Waals surface area contributed by atoms with Gasteiger partial charge in [-0.1, -0.05) is 29.8 Å². The monoisotopic (exact) mass is 303 g/mol. The molecule has 3 N–H and O–H groups in total.